The molecule has 0 bridgehead atoms. The molecule has 2 aliphatic rings. The van der Waals surface area contributed by atoms with Crippen LogP contribution in [0.3, 0.4) is 0 Å². The van der Waals surface area contributed by atoms with Gasteiger partial charge < -0.3 is 19.9 Å². The molecule has 0 spiro atoms. The number of hydrogen-bond acceptors (Lipinski definition) is 4. The topological polar surface area (TPSA) is 76.4 Å². The van der Waals surface area contributed by atoms with Crippen molar-refractivity contribution >= 4 is 5.96 Å². The summed E-state index contributed by atoms with van der Waals surface area (Å²) in [6.45, 7) is 5.14. The molecule has 0 aromatic carbocycles. The van der Waals surface area contributed by atoms with E-state index in [1.807, 2.05) is 18.5 Å². The van der Waals surface area contributed by atoms with Gasteiger partial charge in [0.15, 0.2) is 11.8 Å². The minimum absolute atomic E-state index is 0.302. The molecular formula is C20H36N6O. The normalized spacial score (nSPS) is 21.6. The Bertz CT molecular complexity index is 587. The minimum atomic E-state index is 0.302. The van der Waals surface area contributed by atoms with E-state index >= 15 is 0 Å². The van der Waals surface area contributed by atoms with E-state index in [1.165, 1.54) is 44.9 Å². The van der Waals surface area contributed by atoms with E-state index in [1.54, 1.807) is 0 Å². The van der Waals surface area contributed by atoms with E-state index in [-0.39, 0.29) is 0 Å². The van der Waals surface area contributed by atoms with Crippen molar-refractivity contribution in [2.45, 2.75) is 77.4 Å². The molecule has 7 heteroatoms. The van der Waals surface area contributed by atoms with E-state index in [0.29, 0.717) is 12.6 Å². The van der Waals surface area contributed by atoms with Gasteiger partial charge in [-0.15, -0.1) is 10.2 Å². The zero-order chi connectivity index (χ0) is 18.9. The molecule has 1 aromatic heterocycles. The summed E-state index contributed by atoms with van der Waals surface area (Å²) in [5.41, 5.74) is 0. The second kappa shape index (κ2) is 10.6. The van der Waals surface area contributed by atoms with Gasteiger partial charge in [0, 0.05) is 26.7 Å². The van der Waals surface area contributed by atoms with Crippen molar-refractivity contribution in [2.24, 2.45) is 18.0 Å². The van der Waals surface area contributed by atoms with Gasteiger partial charge in [-0.2, -0.15) is 0 Å². The van der Waals surface area contributed by atoms with Gasteiger partial charge in [-0.25, -0.2) is 4.99 Å². The lowest BCUT2D eigenvalue weighted by atomic mass is 9.86. The lowest BCUT2D eigenvalue weighted by molar-refractivity contribution is 0.114. The highest BCUT2D eigenvalue weighted by Crippen LogP contribution is 2.26. The zero-order valence-electron chi connectivity index (χ0n) is 17.0. The van der Waals surface area contributed by atoms with Gasteiger partial charge >= 0.3 is 0 Å². The summed E-state index contributed by atoms with van der Waals surface area (Å²) in [6, 6.07) is 0. The molecule has 2 heterocycles. The maximum absolute atomic E-state index is 5.72. The van der Waals surface area contributed by atoms with E-state index in [9.17, 15) is 0 Å². The first kappa shape index (κ1) is 20.1. The van der Waals surface area contributed by atoms with E-state index in [4.69, 9.17) is 9.73 Å². The molecule has 1 aromatic rings. The fourth-order valence-electron chi connectivity index (χ4n) is 4.00. The largest absolute Gasteiger partial charge is 0.376 e. The average molecular weight is 377 g/mol. The third kappa shape index (κ3) is 6.48. The van der Waals surface area contributed by atoms with Crippen molar-refractivity contribution < 1.29 is 4.74 Å². The molecule has 7 nitrogen and oxygen atoms in total. The molecule has 1 aliphatic heterocycles. The van der Waals surface area contributed by atoms with E-state index in [2.05, 4.69) is 20.8 Å². The summed E-state index contributed by atoms with van der Waals surface area (Å²) < 4.78 is 7.71. The predicted octanol–water partition coefficient (Wildman–Crippen LogP) is 2.70. The van der Waals surface area contributed by atoms with Crippen LogP contribution < -0.4 is 10.6 Å². The van der Waals surface area contributed by atoms with E-state index < -0.39 is 0 Å². The molecule has 1 atom stereocenters. The third-order valence-electron chi connectivity index (χ3n) is 5.89. The molecule has 27 heavy (non-hydrogen) atoms. The maximum atomic E-state index is 5.72. The first-order valence-corrected chi connectivity index (χ1v) is 10.7. The molecule has 3 rings (SSSR count). The van der Waals surface area contributed by atoms with Crippen LogP contribution in [0.1, 0.15) is 69.4 Å². The Balaban J connectivity index is 1.46. The second-order valence-electron chi connectivity index (χ2n) is 7.98. The van der Waals surface area contributed by atoms with Crippen molar-refractivity contribution in [3.63, 3.8) is 0 Å². The molecule has 1 saturated carbocycles. The van der Waals surface area contributed by atoms with Gasteiger partial charge in [0.25, 0.3) is 0 Å². The number of guanidine groups is 1. The maximum Gasteiger partial charge on any atom is 0.191 e. The Morgan fingerprint density at radius 1 is 1.15 bits per heavy atom. The van der Waals surface area contributed by atoms with Gasteiger partial charge in [0.05, 0.1) is 6.10 Å². The molecule has 1 aliphatic carbocycles. The highest BCUT2D eigenvalue weighted by molar-refractivity contribution is 5.79. The van der Waals surface area contributed by atoms with Crippen molar-refractivity contribution in [3.8, 4) is 0 Å². The Kier molecular flexibility index (Phi) is 7.93. The lowest BCUT2D eigenvalue weighted by Crippen LogP contribution is -2.41. The number of aromatic nitrogens is 3. The Morgan fingerprint density at radius 2 is 2.00 bits per heavy atom. The van der Waals surface area contributed by atoms with Crippen LogP contribution >= 0.6 is 0 Å². The van der Waals surface area contributed by atoms with Gasteiger partial charge in [-0.1, -0.05) is 32.1 Å². The molecule has 0 radical (unpaired) electrons. The Labute approximate surface area is 163 Å². The summed E-state index contributed by atoms with van der Waals surface area (Å²) in [6.07, 6.45) is 12.2. The molecule has 1 unspecified atom stereocenters. The third-order valence-corrected chi connectivity index (χ3v) is 5.89. The number of hydrogen-bond donors (Lipinski definition) is 2. The van der Waals surface area contributed by atoms with Crippen LogP contribution in [0.25, 0.3) is 0 Å². The molecule has 1 saturated heterocycles. The van der Waals surface area contributed by atoms with Gasteiger partial charge in [0.2, 0.25) is 0 Å². The molecular weight excluding hydrogens is 340 g/mol. The van der Waals surface area contributed by atoms with E-state index in [0.717, 1.165) is 56.1 Å². The minimum Gasteiger partial charge on any atom is -0.376 e. The Morgan fingerprint density at radius 3 is 2.70 bits per heavy atom. The first-order chi connectivity index (χ1) is 13.2. The first-order valence-electron chi connectivity index (χ1n) is 10.7. The van der Waals surface area contributed by atoms with Crippen molar-refractivity contribution in [1.82, 2.24) is 25.4 Å². The van der Waals surface area contributed by atoms with Crippen LogP contribution in [-0.4, -0.2) is 46.5 Å². The quantitative estimate of drug-likeness (QED) is 0.414. The van der Waals surface area contributed by atoms with Crippen LogP contribution in [0.5, 0.6) is 0 Å². The van der Waals surface area contributed by atoms with Crippen molar-refractivity contribution in [1.29, 1.82) is 0 Å². The van der Waals surface area contributed by atoms with Crippen LogP contribution in [0, 0.1) is 12.8 Å². The predicted molar refractivity (Wildman–Crippen MR) is 108 cm³/mol. The zero-order valence-corrected chi connectivity index (χ0v) is 17.0. The Hall–Kier alpha value is -1.63. The summed E-state index contributed by atoms with van der Waals surface area (Å²) in [7, 11) is 1.98. The fraction of sp³-hybridized carbons (Fsp3) is 0.850. The number of nitrogens with one attached hydrogen (secondary N) is 2. The average Bonchev–Trinajstić information content (AvgIpc) is 3.32. The SMILES string of the molecule is Cc1nnc(CN=C(NCCCC2CCCCC2)NCC2CCCO2)n1C. The molecule has 152 valence electrons. The molecule has 2 fully saturated rings. The lowest BCUT2D eigenvalue weighted by Gasteiger charge is -2.21. The standard InChI is InChI=1S/C20H36N6O/c1-16-24-25-19(26(16)2)15-23-20(22-14-18-11-7-13-27-18)21-12-6-10-17-8-4-3-5-9-17/h17-18H,3-15H2,1-2H3,(H2,21,22,23). The van der Waals surface area contributed by atoms with Crippen LogP contribution in [0.2, 0.25) is 0 Å². The summed E-state index contributed by atoms with van der Waals surface area (Å²) >= 11 is 0. The number of ether oxygens (including phenoxy) is 1. The van der Waals surface area contributed by atoms with Crippen LogP contribution in [0.4, 0.5) is 0 Å². The van der Waals surface area contributed by atoms with Gasteiger partial charge in [-0.3, -0.25) is 0 Å². The molecule has 2 N–H and O–H groups in total. The van der Waals surface area contributed by atoms with Crippen molar-refractivity contribution in [3.05, 3.63) is 11.6 Å². The summed E-state index contributed by atoms with van der Waals surface area (Å²) in [5, 5.41) is 15.3. The fourth-order valence-corrected chi connectivity index (χ4v) is 4.00. The number of nitrogens with zero attached hydrogens (tertiary/aromatic N) is 4. The highest BCUT2D eigenvalue weighted by Gasteiger charge is 2.16. The van der Waals surface area contributed by atoms with Gasteiger partial charge in [0.1, 0.15) is 12.4 Å². The number of aliphatic imine (C=N–C) groups is 1. The summed E-state index contributed by atoms with van der Waals surface area (Å²) in [4.78, 5) is 4.73. The van der Waals surface area contributed by atoms with Crippen LogP contribution in [0.15, 0.2) is 4.99 Å². The monoisotopic (exact) mass is 376 g/mol. The van der Waals surface area contributed by atoms with Crippen molar-refractivity contribution in [2.75, 3.05) is 19.7 Å². The smallest absolute Gasteiger partial charge is 0.191 e. The number of aryl methyl sites for hydroxylation is 1. The van der Waals surface area contributed by atoms with Gasteiger partial charge in [-0.05, 0) is 38.5 Å². The highest BCUT2D eigenvalue weighted by atomic mass is 16.5. The number of rotatable bonds is 8. The molecule has 0 amide bonds. The van der Waals surface area contributed by atoms with Crippen LogP contribution in [-0.2, 0) is 18.3 Å². The second-order valence-corrected chi connectivity index (χ2v) is 7.98. The summed E-state index contributed by atoms with van der Waals surface area (Å²) in [5.74, 6) is 3.58.